The summed E-state index contributed by atoms with van der Waals surface area (Å²) in [7, 11) is 0. The Balaban J connectivity index is 0.000000407. The van der Waals surface area contributed by atoms with E-state index in [0.717, 1.165) is 5.56 Å². The first kappa shape index (κ1) is 39.8. The molecule has 13 nitrogen and oxygen atoms in total. The van der Waals surface area contributed by atoms with Gasteiger partial charge in [0, 0.05) is 34.0 Å². The van der Waals surface area contributed by atoms with Crippen molar-refractivity contribution in [2.45, 2.75) is 38.6 Å². The summed E-state index contributed by atoms with van der Waals surface area (Å²) in [5.74, 6) is -2.59. The van der Waals surface area contributed by atoms with Gasteiger partial charge in [-0.15, -0.1) is 0 Å². The van der Waals surface area contributed by atoms with E-state index in [0.29, 0.717) is 16.8 Å². The lowest BCUT2D eigenvalue weighted by atomic mass is 10.0. The van der Waals surface area contributed by atoms with Crippen LogP contribution in [0.5, 0.6) is 5.88 Å². The van der Waals surface area contributed by atoms with E-state index in [9.17, 15) is 27.6 Å². The van der Waals surface area contributed by atoms with E-state index in [1.807, 2.05) is 0 Å². The van der Waals surface area contributed by atoms with Crippen LogP contribution < -0.4 is 21.5 Å². The van der Waals surface area contributed by atoms with Crippen molar-refractivity contribution in [3.63, 3.8) is 0 Å². The maximum absolute atomic E-state index is 14.4. The van der Waals surface area contributed by atoms with Gasteiger partial charge >= 0.3 is 18.1 Å². The fourth-order valence-corrected chi connectivity index (χ4v) is 4.98. The van der Waals surface area contributed by atoms with Gasteiger partial charge in [-0.1, -0.05) is 60.1 Å². The van der Waals surface area contributed by atoms with E-state index >= 15 is 0 Å². The minimum atomic E-state index is -4.83. The molecule has 0 aliphatic rings. The van der Waals surface area contributed by atoms with Crippen LogP contribution in [0.3, 0.4) is 0 Å². The minimum absolute atomic E-state index is 0.0989. The lowest BCUT2D eigenvalue weighted by Crippen LogP contribution is -2.34. The number of carboxylic acids is 1. The van der Waals surface area contributed by atoms with Gasteiger partial charge in [-0.05, 0) is 56.2 Å². The van der Waals surface area contributed by atoms with Crippen LogP contribution in [0.4, 0.5) is 19.1 Å². The van der Waals surface area contributed by atoms with Crippen molar-refractivity contribution in [3.05, 3.63) is 119 Å². The number of anilines is 1. The molecule has 53 heavy (non-hydrogen) atoms. The first-order valence-corrected chi connectivity index (χ1v) is 16.3. The highest BCUT2D eigenvalue weighted by molar-refractivity contribution is 6.30. The third-order valence-corrected chi connectivity index (χ3v) is 7.47. The second kappa shape index (κ2) is 18.0. The molecular formula is C36H35ClF3N7O6. The number of aryl methyl sites for hydroxylation is 1. The number of hydrogen-bond acceptors (Lipinski definition) is 10. The zero-order chi connectivity index (χ0) is 38.7. The molecule has 0 fully saturated rings. The van der Waals surface area contributed by atoms with E-state index in [1.165, 1.54) is 35.1 Å². The Morgan fingerprint density at radius 2 is 1.70 bits per heavy atom. The Hall–Kier alpha value is -6.00. The first-order chi connectivity index (χ1) is 25.1. The number of aromatic nitrogens is 4. The number of nitrogen functional groups attached to an aromatic ring is 1. The summed E-state index contributed by atoms with van der Waals surface area (Å²) in [6.45, 7) is 3.28. The number of carbonyl (C=O) groups excluding carboxylic acids is 2. The largest absolute Gasteiger partial charge is 0.480 e. The van der Waals surface area contributed by atoms with E-state index in [-0.39, 0.29) is 59.3 Å². The third kappa shape index (κ3) is 11.5. The molecule has 0 radical (unpaired) electrons. The van der Waals surface area contributed by atoms with Crippen molar-refractivity contribution in [2.75, 3.05) is 18.9 Å². The topological polar surface area (TPSA) is 198 Å². The van der Waals surface area contributed by atoms with E-state index in [1.54, 1.807) is 74.5 Å². The van der Waals surface area contributed by atoms with Gasteiger partial charge in [0.05, 0.1) is 23.7 Å². The van der Waals surface area contributed by atoms with E-state index in [4.69, 9.17) is 37.6 Å². The van der Waals surface area contributed by atoms with Crippen LogP contribution in [0.1, 0.15) is 40.2 Å². The Labute approximate surface area is 306 Å². The Morgan fingerprint density at radius 1 is 1.00 bits per heavy atom. The highest BCUT2D eigenvalue weighted by Crippen LogP contribution is 2.40. The van der Waals surface area contributed by atoms with E-state index < -0.39 is 30.3 Å². The summed E-state index contributed by atoms with van der Waals surface area (Å²) in [5.41, 5.74) is 14.2. The number of amides is 1. The highest BCUT2D eigenvalue weighted by atomic mass is 35.5. The molecule has 2 atom stereocenters. The van der Waals surface area contributed by atoms with Crippen LogP contribution in [-0.4, -0.2) is 68.1 Å². The standard InChI is InChI=1S/C27H26ClF3N6O3.C9H9NO3/c1-3-39-25(38)20(32)12-16-4-6-17(7-5-16)21-14-23(35-26(33)34-21)40-24(27(29,30)31)19-9-8-18(28)13-22(19)37-11-10-15(2)36-37;11-8(12)6-10-9(13)7-4-2-1-3-5-7/h4-11,13-14,20,24H,3,12,32H2,1-2H3,(H2,33,34,35);1-5H,6H2,(H,10,13)(H,11,12)/t20-,24-;/m0./s1. The lowest BCUT2D eigenvalue weighted by molar-refractivity contribution is -0.198. The summed E-state index contributed by atoms with van der Waals surface area (Å²) in [6, 6.07) is 21.3. The number of rotatable bonds is 12. The molecule has 278 valence electrons. The predicted octanol–water partition coefficient (Wildman–Crippen LogP) is 5.49. The summed E-state index contributed by atoms with van der Waals surface area (Å²) in [6.07, 6.45) is -5.48. The number of alkyl halides is 3. The van der Waals surface area contributed by atoms with Crippen molar-refractivity contribution < 1.29 is 42.1 Å². The van der Waals surface area contributed by atoms with Gasteiger partial charge in [-0.25, -0.2) is 9.67 Å². The molecule has 2 aromatic heterocycles. The Bertz CT molecular complexity index is 2030. The van der Waals surface area contributed by atoms with Crippen LogP contribution in [0, 0.1) is 6.92 Å². The molecule has 17 heteroatoms. The maximum Gasteiger partial charge on any atom is 0.429 e. The van der Waals surface area contributed by atoms with Gasteiger partial charge < -0.3 is 31.4 Å². The van der Waals surface area contributed by atoms with Gasteiger partial charge in [0.2, 0.25) is 17.9 Å². The molecule has 0 aliphatic heterocycles. The van der Waals surface area contributed by atoms with Crippen LogP contribution >= 0.6 is 11.6 Å². The quantitative estimate of drug-likeness (QED) is 0.118. The molecule has 0 saturated carbocycles. The van der Waals surface area contributed by atoms with Crippen molar-refractivity contribution in [3.8, 4) is 22.8 Å². The summed E-state index contributed by atoms with van der Waals surface area (Å²) >= 11 is 6.10. The molecule has 0 unspecified atom stereocenters. The molecule has 3 aromatic carbocycles. The number of carbonyl (C=O) groups is 3. The molecule has 0 bridgehead atoms. The molecule has 2 heterocycles. The second-order valence-corrected chi connectivity index (χ2v) is 11.7. The monoisotopic (exact) mass is 753 g/mol. The smallest absolute Gasteiger partial charge is 0.429 e. The highest BCUT2D eigenvalue weighted by Gasteiger charge is 2.45. The minimum Gasteiger partial charge on any atom is -0.480 e. The fraction of sp³-hybridized carbons (Fsp3) is 0.222. The molecule has 0 spiro atoms. The van der Waals surface area contributed by atoms with Crippen LogP contribution in [-0.2, 0) is 20.7 Å². The van der Waals surface area contributed by atoms with Crippen LogP contribution in [0.25, 0.3) is 16.9 Å². The average Bonchev–Trinajstić information content (AvgIpc) is 3.56. The van der Waals surface area contributed by atoms with Crippen LogP contribution in [0.2, 0.25) is 5.02 Å². The zero-order valence-corrected chi connectivity index (χ0v) is 29.1. The first-order valence-electron chi connectivity index (χ1n) is 15.9. The average molecular weight is 754 g/mol. The molecule has 1 amide bonds. The van der Waals surface area contributed by atoms with Gasteiger partial charge in [-0.3, -0.25) is 14.4 Å². The Kier molecular flexibility index (Phi) is 13.5. The molecule has 6 N–H and O–H groups in total. The number of nitrogens with zero attached hydrogens (tertiary/aromatic N) is 4. The number of nitrogens with one attached hydrogen (secondary N) is 1. The number of hydrogen-bond donors (Lipinski definition) is 4. The van der Waals surface area contributed by atoms with Crippen molar-refractivity contribution in [1.29, 1.82) is 0 Å². The molecule has 0 aliphatic carbocycles. The number of benzene rings is 3. The third-order valence-electron chi connectivity index (χ3n) is 7.23. The summed E-state index contributed by atoms with van der Waals surface area (Å²) < 4.78 is 54.8. The molecule has 5 rings (SSSR count). The zero-order valence-electron chi connectivity index (χ0n) is 28.4. The fourth-order valence-electron chi connectivity index (χ4n) is 4.81. The van der Waals surface area contributed by atoms with Gasteiger partial charge in [-0.2, -0.15) is 23.3 Å². The predicted molar refractivity (Wildman–Crippen MR) is 189 cm³/mol. The second-order valence-electron chi connectivity index (χ2n) is 11.3. The normalized spacial score (nSPS) is 12.1. The van der Waals surface area contributed by atoms with E-state index in [2.05, 4.69) is 20.4 Å². The van der Waals surface area contributed by atoms with Crippen molar-refractivity contribution in [1.82, 2.24) is 25.1 Å². The van der Waals surface area contributed by atoms with Gasteiger partial charge in [0.15, 0.2) is 0 Å². The van der Waals surface area contributed by atoms with Crippen molar-refractivity contribution in [2.24, 2.45) is 5.73 Å². The number of nitrogens with two attached hydrogens (primary N) is 2. The maximum atomic E-state index is 14.4. The molecule has 0 saturated heterocycles. The number of ether oxygens (including phenoxy) is 2. The summed E-state index contributed by atoms with van der Waals surface area (Å²) in [4.78, 5) is 41.1. The molecular weight excluding hydrogens is 719 g/mol. The van der Waals surface area contributed by atoms with Crippen molar-refractivity contribution >= 4 is 35.4 Å². The number of halogens is 4. The summed E-state index contributed by atoms with van der Waals surface area (Å²) in [5, 5.41) is 15.0. The van der Waals surface area contributed by atoms with Crippen LogP contribution in [0.15, 0.2) is 91.1 Å². The number of aliphatic carboxylic acids is 1. The Morgan fingerprint density at radius 3 is 2.30 bits per heavy atom. The SMILES string of the molecule is CCOC(=O)[C@@H](N)Cc1ccc(-c2cc(O[C@@H](c3ccc(Cl)cc3-n3ccc(C)n3)C(F)(F)F)nc(N)n2)cc1.O=C(O)CNC(=O)c1ccccc1. The molecule has 5 aromatic rings. The number of esters is 1. The lowest BCUT2D eigenvalue weighted by Gasteiger charge is -2.24. The number of carboxylic acid groups (broad SMARTS) is 1. The van der Waals surface area contributed by atoms with Gasteiger partial charge in [0.25, 0.3) is 5.91 Å². The van der Waals surface area contributed by atoms with Gasteiger partial charge in [0.1, 0.15) is 12.6 Å².